The number of piperidine rings is 1. The molecule has 5 rings (SSSR count). The van der Waals surface area contributed by atoms with E-state index in [0.29, 0.717) is 59.1 Å². The number of rotatable bonds is 6. The van der Waals surface area contributed by atoms with Crippen LogP contribution in [0.3, 0.4) is 0 Å². The predicted molar refractivity (Wildman–Crippen MR) is 169 cm³/mol. The minimum atomic E-state index is -0.612. The Morgan fingerprint density at radius 3 is 2.48 bits per heavy atom. The summed E-state index contributed by atoms with van der Waals surface area (Å²) in [6.45, 7) is 11.3. The maximum atomic E-state index is 13.3. The minimum absolute atomic E-state index is 0.148. The number of likely N-dealkylation sites (tertiary alicyclic amines) is 1. The Labute approximate surface area is 262 Å². The Morgan fingerprint density at radius 2 is 1.82 bits per heavy atom. The lowest BCUT2D eigenvalue weighted by atomic mass is 9.87. The number of hydrogen-bond donors (Lipinski definition) is 1. The number of halogens is 1. The number of aromatic nitrogens is 3. The van der Waals surface area contributed by atoms with Crippen molar-refractivity contribution in [2.75, 3.05) is 44.1 Å². The topological polar surface area (TPSA) is 119 Å². The Bertz CT molecular complexity index is 1570. The molecular weight excluding hydrogens is 584 g/mol. The number of carbonyl (C=O) groups excluding carboxylic acids is 2. The normalized spacial score (nSPS) is 16.5. The lowest BCUT2D eigenvalue weighted by Gasteiger charge is -2.31. The number of pyridine rings is 1. The van der Waals surface area contributed by atoms with Gasteiger partial charge in [0.2, 0.25) is 5.95 Å². The fourth-order valence-corrected chi connectivity index (χ4v) is 5.73. The van der Waals surface area contributed by atoms with Gasteiger partial charge in [-0.05, 0) is 57.9 Å². The minimum Gasteiger partial charge on any atom is -0.495 e. The van der Waals surface area contributed by atoms with E-state index in [-0.39, 0.29) is 17.4 Å². The molecule has 2 aliphatic rings. The largest absolute Gasteiger partial charge is 0.495 e. The second-order valence-electron chi connectivity index (χ2n) is 12.7. The fourth-order valence-electron chi connectivity index (χ4n) is 5.48. The molecule has 0 unspecified atom stereocenters. The molecule has 2 aromatic heterocycles. The van der Waals surface area contributed by atoms with Crippen LogP contribution in [0.5, 0.6) is 5.75 Å². The first-order valence-corrected chi connectivity index (χ1v) is 15.0. The number of hydrogen-bond acceptors (Lipinski definition) is 9. The quantitative estimate of drug-likeness (QED) is 0.341. The number of methoxy groups -OCH3 is 2. The van der Waals surface area contributed by atoms with Gasteiger partial charge in [-0.25, -0.2) is 19.7 Å². The maximum Gasteiger partial charge on any atom is 0.416 e. The number of anilines is 3. The van der Waals surface area contributed by atoms with Gasteiger partial charge < -0.3 is 24.4 Å². The van der Waals surface area contributed by atoms with Crippen LogP contribution < -0.4 is 15.0 Å². The van der Waals surface area contributed by atoms with Crippen molar-refractivity contribution in [2.24, 2.45) is 0 Å². The summed E-state index contributed by atoms with van der Waals surface area (Å²) in [6.07, 6.45) is 4.64. The van der Waals surface area contributed by atoms with Crippen LogP contribution in [0.4, 0.5) is 22.2 Å². The number of ether oxygens (including phenoxy) is 3. The second kappa shape index (κ2) is 12.2. The van der Waals surface area contributed by atoms with Gasteiger partial charge in [0.05, 0.1) is 35.2 Å². The molecule has 0 radical (unpaired) electrons. The zero-order valence-corrected chi connectivity index (χ0v) is 27.0. The number of fused-ring (bicyclic) bond motifs is 1. The smallest absolute Gasteiger partial charge is 0.416 e. The van der Waals surface area contributed by atoms with Crippen molar-refractivity contribution < 1.29 is 23.8 Å². The molecule has 44 heavy (non-hydrogen) atoms. The number of nitrogens with zero attached hydrogens (tertiary/aromatic N) is 5. The Kier molecular flexibility index (Phi) is 8.73. The monoisotopic (exact) mass is 622 g/mol. The van der Waals surface area contributed by atoms with Crippen molar-refractivity contribution in [3.8, 4) is 17.0 Å². The van der Waals surface area contributed by atoms with Gasteiger partial charge in [-0.3, -0.25) is 9.69 Å². The van der Waals surface area contributed by atoms with Crippen molar-refractivity contribution in [3.63, 3.8) is 0 Å². The molecule has 2 aliphatic heterocycles. The molecule has 2 amide bonds. The number of benzene rings is 1. The van der Waals surface area contributed by atoms with Gasteiger partial charge in [-0.2, -0.15) is 0 Å². The van der Waals surface area contributed by atoms with Gasteiger partial charge in [-0.1, -0.05) is 25.4 Å². The fraction of sp³-hybridized carbons (Fsp3) is 0.469. The van der Waals surface area contributed by atoms with Crippen molar-refractivity contribution in [2.45, 2.75) is 64.6 Å². The van der Waals surface area contributed by atoms with E-state index >= 15 is 0 Å². The van der Waals surface area contributed by atoms with Crippen LogP contribution in [0.2, 0.25) is 5.02 Å². The first-order valence-electron chi connectivity index (χ1n) is 14.6. The summed E-state index contributed by atoms with van der Waals surface area (Å²) < 4.78 is 16.7. The Balaban J connectivity index is 1.37. The average molecular weight is 623 g/mol. The molecule has 0 aliphatic carbocycles. The third kappa shape index (κ3) is 6.58. The SMILES string of the molecule is COc1cc(C(=O)N2CCC(OC)CC2)c(Cl)cc1Nc1nccc(-c2cnc3c(c2)C(C)(C)CN3C(=O)OC(C)(C)C)n1. The van der Waals surface area contributed by atoms with Gasteiger partial charge in [0.1, 0.15) is 17.2 Å². The van der Waals surface area contributed by atoms with E-state index in [1.54, 1.807) is 47.5 Å². The van der Waals surface area contributed by atoms with Crippen LogP contribution in [0, 0.1) is 0 Å². The highest BCUT2D eigenvalue weighted by molar-refractivity contribution is 6.34. The molecule has 4 heterocycles. The first-order chi connectivity index (χ1) is 20.8. The molecule has 234 valence electrons. The van der Waals surface area contributed by atoms with E-state index in [1.165, 1.54) is 7.11 Å². The van der Waals surface area contributed by atoms with Crippen molar-refractivity contribution >= 4 is 41.1 Å². The lowest BCUT2D eigenvalue weighted by molar-refractivity contribution is 0.0350. The second-order valence-corrected chi connectivity index (χ2v) is 13.1. The van der Waals surface area contributed by atoms with E-state index in [4.69, 9.17) is 30.8 Å². The summed E-state index contributed by atoms with van der Waals surface area (Å²) >= 11 is 6.62. The number of nitrogens with one attached hydrogen (secondary N) is 1. The van der Waals surface area contributed by atoms with Crippen LogP contribution in [0.25, 0.3) is 11.3 Å². The lowest BCUT2D eigenvalue weighted by Crippen LogP contribution is -2.40. The van der Waals surface area contributed by atoms with Crippen LogP contribution >= 0.6 is 11.6 Å². The van der Waals surface area contributed by atoms with Crippen LogP contribution in [-0.4, -0.2) is 77.4 Å². The molecule has 0 atom stereocenters. The summed E-state index contributed by atoms with van der Waals surface area (Å²) in [5, 5.41) is 3.48. The maximum absolute atomic E-state index is 13.3. The molecule has 0 spiro atoms. The van der Waals surface area contributed by atoms with Gasteiger partial charge in [0, 0.05) is 55.7 Å². The zero-order chi connectivity index (χ0) is 31.8. The molecule has 1 fully saturated rings. The van der Waals surface area contributed by atoms with Crippen molar-refractivity contribution in [1.82, 2.24) is 19.9 Å². The molecular formula is C32H39ClN6O5. The van der Waals surface area contributed by atoms with E-state index in [0.717, 1.165) is 24.0 Å². The first kappa shape index (κ1) is 31.5. The van der Waals surface area contributed by atoms with Gasteiger partial charge in [-0.15, -0.1) is 0 Å². The predicted octanol–water partition coefficient (Wildman–Crippen LogP) is 6.23. The highest BCUT2D eigenvalue weighted by atomic mass is 35.5. The summed E-state index contributed by atoms with van der Waals surface area (Å²) in [5.41, 5.74) is 2.27. The molecule has 1 aromatic carbocycles. The highest BCUT2D eigenvalue weighted by Gasteiger charge is 2.41. The van der Waals surface area contributed by atoms with Crippen LogP contribution in [-0.2, 0) is 14.9 Å². The van der Waals surface area contributed by atoms with E-state index in [1.807, 2.05) is 26.8 Å². The van der Waals surface area contributed by atoms with E-state index < -0.39 is 11.7 Å². The summed E-state index contributed by atoms with van der Waals surface area (Å²) in [7, 11) is 3.22. The third-order valence-corrected chi connectivity index (χ3v) is 8.11. The molecule has 0 saturated carbocycles. The van der Waals surface area contributed by atoms with Gasteiger partial charge >= 0.3 is 6.09 Å². The van der Waals surface area contributed by atoms with Crippen LogP contribution in [0.15, 0.2) is 36.7 Å². The van der Waals surface area contributed by atoms with Crippen LogP contribution in [0.1, 0.15) is 63.4 Å². The summed E-state index contributed by atoms with van der Waals surface area (Å²) in [5.74, 6) is 1.18. The third-order valence-electron chi connectivity index (χ3n) is 7.80. The Hall–Kier alpha value is -3.96. The van der Waals surface area contributed by atoms with Gasteiger partial charge in [0.25, 0.3) is 5.91 Å². The standard InChI is InChI=1S/C32H39ClN6O5/c1-31(2,3)44-30(41)39-18-32(4,5)22-14-19(17-35-27(22)39)24-8-11-34-29(36-24)37-25-16-23(33)21(15-26(25)43-7)28(40)38-12-9-20(42-6)10-13-38/h8,11,14-17,20H,9-10,12-13,18H2,1-7H3,(H,34,36,37). The molecule has 1 N–H and O–H groups in total. The number of amides is 2. The summed E-state index contributed by atoms with van der Waals surface area (Å²) in [4.78, 5) is 43.3. The molecule has 11 nitrogen and oxygen atoms in total. The average Bonchev–Trinajstić information content (AvgIpc) is 3.26. The highest BCUT2D eigenvalue weighted by Crippen LogP contribution is 2.41. The molecule has 1 saturated heterocycles. The Morgan fingerprint density at radius 1 is 1.09 bits per heavy atom. The van der Waals surface area contributed by atoms with Gasteiger partial charge in [0.15, 0.2) is 0 Å². The van der Waals surface area contributed by atoms with E-state index in [9.17, 15) is 9.59 Å². The van der Waals surface area contributed by atoms with Crippen molar-refractivity contribution in [1.29, 1.82) is 0 Å². The molecule has 3 aromatic rings. The van der Waals surface area contributed by atoms with Crippen molar-refractivity contribution in [3.05, 3.63) is 52.8 Å². The van der Waals surface area contributed by atoms with E-state index in [2.05, 4.69) is 29.1 Å². The molecule has 0 bridgehead atoms. The summed E-state index contributed by atoms with van der Waals surface area (Å²) in [6, 6.07) is 7.09. The zero-order valence-electron chi connectivity index (χ0n) is 26.2. The number of carbonyl (C=O) groups is 2. The molecule has 12 heteroatoms.